The number of carbonyl (C=O) groups is 1. The summed E-state index contributed by atoms with van der Waals surface area (Å²) < 4.78 is 0.602. The Balaban J connectivity index is 1.86. The molecule has 108 valence electrons. The van der Waals surface area contributed by atoms with Crippen LogP contribution >= 0.6 is 15.9 Å². The Bertz CT molecular complexity index is 659. The number of benzene rings is 1. The summed E-state index contributed by atoms with van der Waals surface area (Å²) in [7, 11) is 0. The van der Waals surface area contributed by atoms with Gasteiger partial charge in [0.05, 0.1) is 4.92 Å². The lowest BCUT2D eigenvalue weighted by molar-refractivity contribution is -0.384. The molecule has 0 spiro atoms. The molecule has 0 saturated carbocycles. The highest BCUT2D eigenvalue weighted by Gasteiger charge is 2.07. The van der Waals surface area contributed by atoms with Gasteiger partial charge < -0.3 is 5.32 Å². The fourth-order valence-corrected chi connectivity index (χ4v) is 2.12. The number of rotatable bonds is 5. The van der Waals surface area contributed by atoms with E-state index in [-0.39, 0.29) is 11.6 Å². The highest BCUT2D eigenvalue weighted by Crippen LogP contribution is 2.12. The van der Waals surface area contributed by atoms with E-state index in [0.717, 1.165) is 5.56 Å². The Labute approximate surface area is 129 Å². The third kappa shape index (κ3) is 4.35. The zero-order valence-corrected chi connectivity index (χ0v) is 12.5. The van der Waals surface area contributed by atoms with Crippen molar-refractivity contribution in [3.63, 3.8) is 0 Å². The van der Waals surface area contributed by atoms with E-state index in [0.29, 0.717) is 23.1 Å². The number of pyridine rings is 1. The van der Waals surface area contributed by atoms with Gasteiger partial charge in [0.15, 0.2) is 0 Å². The fourth-order valence-electron chi connectivity index (χ4n) is 1.75. The van der Waals surface area contributed by atoms with Gasteiger partial charge in [0.25, 0.3) is 11.6 Å². The standard InChI is InChI=1S/C14H12BrN3O3/c15-13-9-11(6-8-16-13)14(19)17-7-5-10-1-3-12(4-2-10)18(20)21/h1-4,6,8-9H,5,7H2,(H,17,19). The largest absolute Gasteiger partial charge is 0.352 e. The van der Waals surface area contributed by atoms with Crippen LogP contribution in [0.2, 0.25) is 0 Å². The predicted molar refractivity (Wildman–Crippen MR) is 81.1 cm³/mol. The first kappa shape index (κ1) is 15.1. The zero-order valence-electron chi connectivity index (χ0n) is 11.0. The molecule has 0 atom stereocenters. The minimum Gasteiger partial charge on any atom is -0.352 e. The maximum atomic E-state index is 11.9. The molecule has 1 aromatic heterocycles. The summed E-state index contributed by atoms with van der Waals surface area (Å²) in [5.74, 6) is -0.181. The number of halogens is 1. The van der Waals surface area contributed by atoms with E-state index in [2.05, 4.69) is 26.2 Å². The molecule has 1 aromatic carbocycles. The number of amides is 1. The van der Waals surface area contributed by atoms with Gasteiger partial charge in [0.2, 0.25) is 0 Å². The zero-order chi connectivity index (χ0) is 15.2. The minimum absolute atomic E-state index is 0.0596. The van der Waals surface area contributed by atoms with Crippen LogP contribution in [0.1, 0.15) is 15.9 Å². The first-order valence-electron chi connectivity index (χ1n) is 6.19. The average molecular weight is 350 g/mol. The predicted octanol–water partition coefficient (Wildman–Crippen LogP) is 2.72. The summed E-state index contributed by atoms with van der Waals surface area (Å²) in [6.45, 7) is 0.455. The van der Waals surface area contributed by atoms with Crippen molar-refractivity contribution in [2.24, 2.45) is 0 Å². The molecule has 0 radical (unpaired) electrons. The van der Waals surface area contributed by atoms with Crippen molar-refractivity contribution in [2.45, 2.75) is 6.42 Å². The topological polar surface area (TPSA) is 85.1 Å². The number of nitro benzene ring substituents is 1. The molecule has 21 heavy (non-hydrogen) atoms. The van der Waals surface area contributed by atoms with Crippen molar-refractivity contribution in [1.29, 1.82) is 0 Å². The number of non-ortho nitro benzene ring substituents is 1. The highest BCUT2D eigenvalue weighted by atomic mass is 79.9. The highest BCUT2D eigenvalue weighted by molar-refractivity contribution is 9.10. The van der Waals surface area contributed by atoms with E-state index < -0.39 is 4.92 Å². The second kappa shape index (κ2) is 6.94. The van der Waals surface area contributed by atoms with E-state index >= 15 is 0 Å². The Morgan fingerprint density at radius 1 is 1.29 bits per heavy atom. The summed E-state index contributed by atoms with van der Waals surface area (Å²) >= 11 is 3.21. The van der Waals surface area contributed by atoms with Crippen LogP contribution < -0.4 is 5.32 Å². The monoisotopic (exact) mass is 349 g/mol. The molecular formula is C14H12BrN3O3. The van der Waals surface area contributed by atoms with Crippen molar-refractivity contribution in [3.8, 4) is 0 Å². The summed E-state index contributed by atoms with van der Waals surface area (Å²) in [4.78, 5) is 25.9. The quantitative estimate of drug-likeness (QED) is 0.510. The Hall–Kier alpha value is -2.28. The van der Waals surface area contributed by atoms with Crippen molar-refractivity contribution < 1.29 is 9.72 Å². The summed E-state index contributed by atoms with van der Waals surface area (Å²) in [6, 6.07) is 9.56. The minimum atomic E-state index is -0.438. The van der Waals surface area contributed by atoms with Crippen LogP contribution in [-0.4, -0.2) is 22.4 Å². The number of nitrogens with zero attached hydrogens (tertiary/aromatic N) is 2. The molecule has 1 heterocycles. The maximum absolute atomic E-state index is 11.9. The lowest BCUT2D eigenvalue weighted by atomic mass is 10.1. The number of nitro groups is 1. The van der Waals surface area contributed by atoms with E-state index in [1.54, 1.807) is 30.5 Å². The fraction of sp³-hybridized carbons (Fsp3) is 0.143. The van der Waals surface area contributed by atoms with E-state index in [4.69, 9.17) is 0 Å². The normalized spacial score (nSPS) is 10.1. The molecule has 0 saturated heterocycles. The number of nitrogens with one attached hydrogen (secondary N) is 1. The molecule has 7 heteroatoms. The molecule has 0 bridgehead atoms. The Kier molecular flexibility index (Phi) is 4.99. The lowest BCUT2D eigenvalue weighted by Gasteiger charge is -2.05. The van der Waals surface area contributed by atoms with E-state index in [1.165, 1.54) is 12.1 Å². The SMILES string of the molecule is O=C(NCCc1ccc([N+](=O)[O-])cc1)c1ccnc(Br)c1. The van der Waals surface area contributed by atoms with Crippen LogP contribution in [0.3, 0.4) is 0 Å². The first-order chi connectivity index (χ1) is 10.1. The summed E-state index contributed by atoms with van der Waals surface area (Å²) in [5, 5.41) is 13.3. The van der Waals surface area contributed by atoms with Gasteiger partial charge >= 0.3 is 0 Å². The van der Waals surface area contributed by atoms with Gasteiger partial charge in [0.1, 0.15) is 4.60 Å². The van der Waals surface area contributed by atoms with Gasteiger partial charge in [-0.05, 0) is 40.0 Å². The Morgan fingerprint density at radius 2 is 2.00 bits per heavy atom. The number of carbonyl (C=O) groups excluding carboxylic acids is 1. The smallest absolute Gasteiger partial charge is 0.269 e. The first-order valence-corrected chi connectivity index (χ1v) is 6.98. The molecule has 2 rings (SSSR count). The molecule has 1 amide bonds. The molecular weight excluding hydrogens is 338 g/mol. The van der Waals surface area contributed by atoms with E-state index in [1.807, 2.05) is 0 Å². The van der Waals surface area contributed by atoms with Crippen molar-refractivity contribution in [2.75, 3.05) is 6.54 Å². The molecule has 0 fully saturated rings. The van der Waals surface area contributed by atoms with Crippen LogP contribution in [0, 0.1) is 10.1 Å². The van der Waals surface area contributed by atoms with Crippen molar-refractivity contribution >= 4 is 27.5 Å². The van der Waals surface area contributed by atoms with Gasteiger partial charge in [-0.25, -0.2) is 4.98 Å². The molecule has 6 nitrogen and oxygen atoms in total. The molecule has 0 unspecified atom stereocenters. The van der Waals surface area contributed by atoms with Crippen LogP contribution in [0.15, 0.2) is 47.2 Å². The van der Waals surface area contributed by atoms with Crippen LogP contribution in [0.25, 0.3) is 0 Å². The van der Waals surface area contributed by atoms with E-state index in [9.17, 15) is 14.9 Å². The second-order valence-corrected chi connectivity index (χ2v) is 5.11. The van der Waals surface area contributed by atoms with Crippen LogP contribution in [0.5, 0.6) is 0 Å². The number of hydrogen-bond acceptors (Lipinski definition) is 4. The third-order valence-corrected chi connectivity index (χ3v) is 3.27. The number of aromatic nitrogens is 1. The Morgan fingerprint density at radius 3 is 2.62 bits per heavy atom. The molecule has 2 aromatic rings. The molecule has 0 aliphatic carbocycles. The summed E-state index contributed by atoms with van der Waals surface area (Å²) in [5.41, 5.74) is 1.52. The van der Waals surface area contributed by atoms with Crippen LogP contribution in [0.4, 0.5) is 5.69 Å². The van der Waals surface area contributed by atoms with Gasteiger partial charge in [-0.3, -0.25) is 14.9 Å². The van der Waals surface area contributed by atoms with Gasteiger partial charge in [0, 0.05) is 30.4 Å². The second-order valence-electron chi connectivity index (χ2n) is 4.30. The average Bonchev–Trinajstić information content (AvgIpc) is 2.47. The molecule has 0 aliphatic heterocycles. The van der Waals surface area contributed by atoms with Crippen molar-refractivity contribution in [3.05, 3.63) is 68.4 Å². The maximum Gasteiger partial charge on any atom is 0.269 e. The van der Waals surface area contributed by atoms with Gasteiger partial charge in [-0.2, -0.15) is 0 Å². The molecule has 1 N–H and O–H groups in total. The van der Waals surface area contributed by atoms with Crippen molar-refractivity contribution in [1.82, 2.24) is 10.3 Å². The van der Waals surface area contributed by atoms with Crippen LogP contribution in [-0.2, 0) is 6.42 Å². The molecule has 0 aliphatic rings. The lowest BCUT2D eigenvalue weighted by Crippen LogP contribution is -2.25. The van der Waals surface area contributed by atoms with Gasteiger partial charge in [-0.1, -0.05) is 12.1 Å². The summed E-state index contributed by atoms with van der Waals surface area (Å²) in [6.07, 6.45) is 2.16. The number of hydrogen-bond donors (Lipinski definition) is 1. The van der Waals surface area contributed by atoms with Gasteiger partial charge in [-0.15, -0.1) is 0 Å². The third-order valence-electron chi connectivity index (χ3n) is 2.84.